The minimum absolute atomic E-state index is 0.0697. The van der Waals surface area contributed by atoms with Gasteiger partial charge in [-0.05, 0) is 18.6 Å². The van der Waals surface area contributed by atoms with Crippen LogP contribution in [-0.2, 0) is 11.2 Å². The lowest BCUT2D eigenvalue weighted by atomic mass is 10.2. The lowest BCUT2D eigenvalue weighted by molar-refractivity contribution is -0.108. The Balaban J connectivity index is 2.79. The molecule has 0 aliphatic carbocycles. The zero-order valence-corrected chi connectivity index (χ0v) is 7.65. The average molecular weight is 168 g/mol. The van der Waals surface area contributed by atoms with Gasteiger partial charge in [-0.15, -0.1) is 11.3 Å². The van der Waals surface area contributed by atoms with E-state index in [1.807, 2.05) is 13.0 Å². The average Bonchev–Trinajstić information content (AvgIpc) is 2.50. The van der Waals surface area contributed by atoms with Crippen molar-refractivity contribution < 1.29 is 4.79 Å². The highest BCUT2D eigenvalue weighted by molar-refractivity contribution is 7.12. The Bertz CT molecular complexity index is 239. The summed E-state index contributed by atoms with van der Waals surface area (Å²) in [5, 5.41) is 0. The first kappa shape index (κ1) is 8.47. The minimum Gasteiger partial charge on any atom is -0.303 e. The molecule has 0 aliphatic rings. The maximum absolute atomic E-state index is 10.4. The number of carbonyl (C=O) groups is 1. The van der Waals surface area contributed by atoms with Gasteiger partial charge in [0.2, 0.25) is 0 Å². The molecule has 0 bridgehead atoms. The highest BCUT2D eigenvalue weighted by Gasteiger charge is 2.05. The van der Waals surface area contributed by atoms with Crippen molar-refractivity contribution in [3.63, 3.8) is 0 Å². The monoisotopic (exact) mass is 168 g/mol. The molecular weight excluding hydrogens is 156 g/mol. The van der Waals surface area contributed by atoms with E-state index in [1.54, 1.807) is 11.3 Å². The van der Waals surface area contributed by atoms with E-state index < -0.39 is 0 Å². The second-order valence-corrected chi connectivity index (χ2v) is 3.78. The summed E-state index contributed by atoms with van der Waals surface area (Å²) in [6.45, 7) is 4.06. The molecule has 0 radical (unpaired) electrons. The highest BCUT2D eigenvalue weighted by atomic mass is 32.1. The summed E-state index contributed by atoms with van der Waals surface area (Å²) >= 11 is 1.73. The van der Waals surface area contributed by atoms with Crippen LogP contribution >= 0.6 is 11.3 Å². The molecule has 11 heavy (non-hydrogen) atoms. The molecule has 1 unspecified atom stereocenters. The summed E-state index contributed by atoms with van der Waals surface area (Å²) < 4.78 is 0. The van der Waals surface area contributed by atoms with Gasteiger partial charge in [0, 0.05) is 15.7 Å². The quantitative estimate of drug-likeness (QED) is 0.634. The summed E-state index contributed by atoms with van der Waals surface area (Å²) in [7, 11) is 0. The first-order valence-corrected chi connectivity index (χ1v) is 4.63. The Hall–Kier alpha value is -0.630. The molecule has 0 aromatic carbocycles. The van der Waals surface area contributed by atoms with Crippen molar-refractivity contribution in [2.75, 3.05) is 0 Å². The van der Waals surface area contributed by atoms with Gasteiger partial charge in [-0.2, -0.15) is 0 Å². The van der Waals surface area contributed by atoms with E-state index >= 15 is 0 Å². The summed E-state index contributed by atoms with van der Waals surface area (Å²) in [6.07, 6.45) is 2.06. The maximum Gasteiger partial charge on any atom is 0.127 e. The first-order valence-electron chi connectivity index (χ1n) is 3.81. The SMILES string of the molecule is CCc1ccc(C(C)C=O)s1. The number of hydrogen-bond acceptors (Lipinski definition) is 2. The normalized spacial score (nSPS) is 12.9. The van der Waals surface area contributed by atoms with E-state index in [9.17, 15) is 4.79 Å². The number of rotatable bonds is 3. The lowest BCUT2D eigenvalue weighted by Gasteiger charge is -1.95. The summed E-state index contributed by atoms with van der Waals surface area (Å²) in [5.74, 6) is 0.0697. The fourth-order valence-corrected chi connectivity index (χ4v) is 1.86. The molecule has 0 saturated heterocycles. The van der Waals surface area contributed by atoms with Crippen LogP contribution in [0.5, 0.6) is 0 Å². The van der Waals surface area contributed by atoms with Gasteiger partial charge in [0.25, 0.3) is 0 Å². The summed E-state index contributed by atoms with van der Waals surface area (Å²) in [4.78, 5) is 12.9. The van der Waals surface area contributed by atoms with Gasteiger partial charge in [-0.25, -0.2) is 0 Å². The van der Waals surface area contributed by atoms with Gasteiger partial charge in [0.1, 0.15) is 6.29 Å². The smallest absolute Gasteiger partial charge is 0.127 e. The van der Waals surface area contributed by atoms with Crippen molar-refractivity contribution in [2.24, 2.45) is 0 Å². The molecule has 1 heterocycles. The third-order valence-corrected chi connectivity index (χ3v) is 3.11. The van der Waals surface area contributed by atoms with Gasteiger partial charge < -0.3 is 4.79 Å². The van der Waals surface area contributed by atoms with E-state index in [-0.39, 0.29) is 5.92 Å². The number of thiophene rings is 1. The second kappa shape index (κ2) is 3.67. The third kappa shape index (κ3) is 1.90. The standard InChI is InChI=1S/C9H12OS/c1-3-8-4-5-9(11-8)7(2)6-10/h4-7H,3H2,1-2H3. The molecule has 0 spiro atoms. The summed E-state index contributed by atoms with van der Waals surface area (Å²) in [5.41, 5.74) is 0. The molecule has 1 aromatic heterocycles. The van der Waals surface area contributed by atoms with E-state index in [4.69, 9.17) is 0 Å². The van der Waals surface area contributed by atoms with Crippen LogP contribution in [0, 0.1) is 0 Å². The predicted octanol–water partition coefficient (Wildman–Crippen LogP) is 2.61. The zero-order valence-electron chi connectivity index (χ0n) is 6.83. The van der Waals surface area contributed by atoms with Crippen LogP contribution in [-0.4, -0.2) is 6.29 Å². The van der Waals surface area contributed by atoms with Crippen LogP contribution in [0.3, 0.4) is 0 Å². The molecule has 1 nitrogen and oxygen atoms in total. The fraction of sp³-hybridized carbons (Fsp3) is 0.444. The van der Waals surface area contributed by atoms with Crippen LogP contribution in [0.25, 0.3) is 0 Å². The Morgan fingerprint density at radius 1 is 1.64 bits per heavy atom. The Labute approximate surface area is 71.1 Å². The Morgan fingerprint density at radius 3 is 2.82 bits per heavy atom. The van der Waals surface area contributed by atoms with Crippen LogP contribution in [0.2, 0.25) is 0 Å². The van der Waals surface area contributed by atoms with Crippen molar-refractivity contribution >= 4 is 17.6 Å². The van der Waals surface area contributed by atoms with Crippen molar-refractivity contribution in [1.29, 1.82) is 0 Å². The van der Waals surface area contributed by atoms with Crippen molar-refractivity contribution in [1.82, 2.24) is 0 Å². The van der Waals surface area contributed by atoms with Gasteiger partial charge >= 0.3 is 0 Å². The molecule has 1 aromatic rings. The van der Waals surface area contributed by atoms with E-state index in [0.717, 1.165) is 12.7 Å². The molecule has 0 saturated carbocycles. The van der Waals surface area contributed by atoms with Gasteiger partial charge in [0.15, 0.2) is 0 Å². The number of aldehydes is 1. The zero-order chi connectivity index (χ0) is 8.27. The molecule has 1 rings (SSSR count). The van der Waals surface area contributed by atoms with Gasteiger partial charge in [0.05, 0.1) is 0 Å². The highest BCUT2D eigenvalue weighted by Crippen LogP contribution is 2.23. The molecule has 0 aliphatic heterocycles. The Morgan fingerprint density at radius 2 is 2.36 bits per heavy atom. The van der Waals surface area contributed by atoms with Crippen LogP contribution in [0.4, 0.5) is 0 Å². The molecule has 0 N–H and O–H groups in total. The van der Waals surface area contributed by atoms with E-state index in [0.29, 0.717) is 0 Å². The topological polar surface area (TPSA) is 17.1 Å². The van der Waals surface area contributed by atoms with Crippen molar-refractivity contribution in [3.05, 3.63) is 21.9 Å². The second-order valence-electron chi connectivity index (χ2n) is 2.58. The maximum atomic E-state index is 10.4. The van der Waals surface area contributed by atoms with Crippen LogP contribution < -0.4 is 0 Å². The first-order chi connectivity index (χ1) is 5.27. The van der Waals surface area contributed by atoms with Crippen LogP contribution in [0.1, 0.15) is 29.5 Å². The molecule has 1 atom stereocenters. The molecule has 2 heteroatoms. The molecule has 0 amide bonds. The Kier molecular flexibility index (Phi) is 2.83. The van der Waals surface area contributed by atoms with Crippen LogP contribution in [0.15, 0.2) is 12.1 Å². The number of hydrogen-bond donors (Lipinski definition) is 0. The van der Waals surface area contributed by atoms with Crippen molar-refractivity contribution in [2.45, 2.75) is 26.2 Å². The van der Waals surface area contributed by atoms with Crippen molar-refractivity contribution in [3.8, 4) is 0 Å². The largest absolute Gasteiger partial charge is 0.303 e. The molecule has 0 fully saturated rings. The number of carbonyl (C=O) groups excluding carboxylic acids is 1. The van der Waals surface area contributed by atoms with Gasteiger partial charge in [-0.3, -0.25) is 0 Å². The van der Waals surface area contributed by atoms with E-state index in [1.165, 1.54) is 9.75 Å². The molecular formula is C9H12OS. The molecule has 60 valence electrons. The minimum atomic E-state index is 0.0697. The third-order valence-electron chi connectivity index (χ3n) is 1.68. The van der Waals surface area contributed by atoms with E-state index in [2.05, 4.69) is 13.0 Å². The lowest BCUT2D eigenvalue weighted by Crippen LogP contribution is -1.88. The fourth-order valence-electron chi connectivity index (χ4n) is 0.896. The predicted molar refractivity (Wildman–Crippen MR) is 48.2 cm³/mol. The van der Waals surface area contributed by atoms with Gasteiger partial charge in [-0.1, -0.05) is 13.8 Å². The summed E-state index contributed by atoms with van der Waals surface area (Å²) in [6, 6.07) is 4.14. The number of aryl methyl sites for hydroxylation is 1.